The quantitative estimate of drug-likeness (QED) is 0.204. The van der Waals surface area contributed by atoms with Crippen molar-refractivity contribution in [3.05, 3.63) is 64.5 Å². The van der Waals surface area contributed by atoms with Gasteiger partial charge in [0.05, 0.1) is 24.8 Å². The Hall–Kier alpha value is -2.38. The first kappa shape index (κ1) is 26.7. The van der Waals surface area contributed by atoms with Gasteiger partial charge in [0.15, 0.2) is 5.96 Å². The lowest BCUT2D eigenvalue weighted by Crippen LogP contribution is -2.37. The number of hydrogen-bond acceptors (Lipinski definition) is 4. The summed E-state index contributed by atoms with van der Waals surface area (Å²) in [4.78, 5) is 4.61. The highest BCUT2D eigenvalue weighted by atomic mass is 127. The number of aliphatic imine (C=N–C) groups is 1. The predicted octanol–water partition coefficient (Wildman–Crippen LogP) is 4.29. The van der Waals surface area contributed by atoms with E-state index in [1.807, 2.05) is 38.1 Å². The fourth-order valence-electron chi connectivity index (χ4n) is 2.76. The summed E-state index contributed by atoms with van der Waals surface area (Å²) in [6.07, 6.45) is 0.813. The molecule has 0 spiro atoms. The van der Waals surface area contributed by atoms with Crippen LogP contribution in [0.4, 0.5) is 4.39 Å². The first-order chi connectivity index (χ1) is 14.6. The van der Waals surface area contributed by atoms with E-state index >= 15 is 0 Å². The summed E-state index contributed by atoms with van der Waals surface area (Å²) in [5.74, 6) is 0.971. The largest absolute Gasteiger partial charge is 0.493 e. The fourth-order valence-corrected chi connectivity index (χ4v) is 2.76. The Kier molecular flexibility index (Phi) is 12.5. The number of nitriles is 1. The third-order valence-corrected chi connectivity index (χ3v) is 4.35. The van der Waals surface area contributed by atoms with Crippen LogP contribution < -0.4 is 15.4 Å². The van der Waals surface area contributed by atoms with Gasteiger partial charge >= 0.3 is 0 Å². The lowest BCUT2D eigenvalue weighted by molar-refractivity contribution is 0.172. The first-order valence-electron chi connectivity index (χ1n) is 9.99. The topological polar surface area (TPSA) is 78.7 Å². The highest BCUT2D eigenvalue weighted by Crippen LogP contribution is 2.21. The predicted molar refractivity (Wildman–Crippen MR) is 131 cm³/mol. The maximum Gasteiger partial charge on any atom is 0.191 e. The van der Waals surface area contributed by atoms with Crippen LogP contribution in [0.25, 0.3) is 0 Å². The summed E-state index contributed by atoms with van der Waals surface area (Å²) in [7, 11) is 1.67. The minimum atomic E-state index is -0.414. The Morgan fingerprint density at radius 2 is 1.90 bits per heavy atom. The zero-order chi connectivity index (χ0) is 21.8. The molecular weight excluding hydrogens is 510 g/mol. The fraction of sp³-hybridized carbons (Fsp3) is 0.391. The monoisotopic (exact) mass is 540 g/mol. The third kappa shape index (κ3) is 9.11. The number of halogens is 2. The van der Waals surface area contributed by atoms with E-state index in [2.05, 4.69) is 15.6 Å². The van der Waals surface area contributed by atoms with E-state index in [-0.39, 0.29) is 30.5 Å². The van der Waals surface area contributed by atoms with Crippen molar-refractivity contribution >= 4 is 29.9 Å². The lowest BCUT2D eigenvalue weighted by atomic mass is 10.1. The molecule has 31 heavy (non-hydrogen) atoms. The average Bonchev–Trinajstić information content (AvgIpc) is 2.74. The van der Waals surface area contributed by atoms with Crippen molar-refractivity contribution in [3.8, 4) is 11.8 Å². The van der Waals surface area contributed by atoms with Crippen molar-refractivity contribution in [1.29, 1.82) is 5.26 Å². The van der Waals surface area contributed by atoms with Crippen LogP contribution in [0.2, 0.25) is 0 Å². The van der Waals surface area contributed by atoms with Gasteiger partial charge in [0, 0.05) is 44.4 Å². The lowest BCUT2D eigenvalue weighted by Gasteiger charge is -2.14. The van der Waals surface area contributed by atoms with E-state index in [0.29, 0.717) is 43.4 Å². The molecule has 0 aliphatic carbocycles. The minimum absolute atomic E-state index is 0. The van der Waals surface area contributed by atoms with Gasteiger partial charge in [0.2, 0.25) is 0 Å². The number of ether oxygens (including phenoxy) is 2. The Morgan fingerprint density at radius 3 is 2.58 bits per heavy atom. The smallest absolute Gasteiger partial charge is 0.191 e. The van der Waals surface area contributed by atoms with Gasteiger partial charge in [-0.05, 0) is 37.6 Å². The van der Waals surface area contributed by atoms with E-state index < -0.39 is 5.82 Å². The SMILES string of the molecule is CCNC(=NCc1ccc(C)cc1OCCCOC)NCc1ccc(C#N)cc1F.I. The molecule has 0 saturated carbocycles. The van der Waals surface area contributed by atoms with Crippen LogP contribution in [-0.2, 0) is 17.8 Å². The van der Waals surface area contributed by atoms with Crippen LogP contribution in [0.15, 0.2) is 41.4 Å². The number of nitrogens with zero attached hydrogens (tertiary/aromatic N) is 2. The van der Waals surface area contributed by atoms with Crippen LogP contribution >= 0.6 is 24.0 Å². The maximum atomic E-state index is 14.1. The summed E-state index contributed by atoms with van der Waals surface area (Å²) in [5, 5.41) is 15.2. The van der Waals surface area contributed by atoms with Crippen LogP contribution in [-0.4, -0.2) is 32.8 Å². The molecule has 0 unspecified atom stereocenters. The molecule has 0 bridgehead atoms. The highest BCUT2D eigenvalue weighted by Gasteiger charge is 2.07. The van der Waals surface area contributed by atoms with Gasteiger partial charge in [-0.1, -0.05) is 18.2 Å². The summed E-state index contributed by atoms with van der Waals surface area (Å²) < 4.78 is 25.1. The molecule has 0 aliphatic rings. The van der Waals surface area contributed by atoms with Crippen LogP contribution in [0.1, 0.15) is 35.6 Å². The molecule has 0 fully saturated rings. The molecule has 0 radical (unpaired) electrons. The summed E-state index contributed by atoms with van der Waals surface area (Å²) in [6.45, 7) is 6.57. The maximum absolute atomic E-state index is 14.1. The van der Waals surface area contributed by atoms with Crippen molar-refractivity contribution < 1.29 is 13.9 Å². The summed E-state index contributed by atoms with van der Waals surface area (Å²) >= 11 is 0. The van der Waals surface area contributed by atoms with Crippen LogP contribution in [0, 0.1) is 24.1 Å². The first-order valence-corrected chi connectivity index (χ1v) is 9.99. The molecule has 0 heterocycles. The van der Waals surface area contributed by atoms with Gasteiger partial charge in [-0.15, -0.1) is 24.0 Å². The number of rotatable bonds is 10. The molecule has 6 nitrogen and oxygen atoms in total. The average molecular weight is 540 g/mol. The second kappa shape index (κ2) is 14.6. The van der Waals surface area contributed by atoms with E-state index in [4.69, 9.17) is 14.7 Å². The third-order valence-electron chi connectivity index (χ3n) is 4.35. The molecule has 0 aromatic heterocycles. The van der Waals surface area contributed by atoms with Crippen molar-refractivity contribution in [3.63, 3.8) is 0 Å². The van der Waals surface area contributed by atoms with Gasteiger partial charge in [-0.2, -0.15) is 5.26 Å². The van der Waals surface area contributed by atoms with Crippen molar-refractivity contribution in [2.24, 2.45) is 4.99 Å². The summed E-state index contributed by atoms with van der Waals surface area (Å²) in [5.41, 5.74) is 2.86. The van der Waals surface area contributed by atoms with Gasteiger partial charge in [0.25, 0.3) is 0 Å². The normalized spacial score (nSPS) is 10.7. The van der Waals surface area contributed by atoms with Crippen molar-refractivity contribution in [2.75, 3.05) is 26.9 Å². The number of benzene rings is 2. The zero-order valence-electron chi connectivity index (χ0n) is 18.2. The van der Waals surface area contributed by atoms with Gasteiger partial charge < -0.3 is 20.1 Å². The molecule has 0 amide bonds. The standard InChI is InChI=1S/C23H29FN4O2.HI/c1-4-26-23(27-15-19-9-7-18(14-25)13-21(19)24)28-16-20-8-6-17(2)12-22(20)30-11-5-10-29-3;/h6-9,12-13H,4-5,10-11,15-16H2,1-3H3,(H2,26,27,28);1H. The van der Waals surface area contributed by atoms with Crippen molar-refractivity contribution in [1.82, 2.24) is 10.6 Å². The molecule has 2 N–H and O–H groups in total. The van der Waals surface area contributed by atoms with E-state index in [9.17, 15) is 4.39 Å². The van der Waals surface area contributed by atoms with Gasteiger partial charge in [-0.25, -0.2) is 9.38 Å². The Morgan fingerprint density at radius 1 is 1.13 bits per heavy atom. The molecule has 8 heteroatoms. The molecule has 2 aromatic rings. The van der Waals surface area contributed by atoms with E-state index in [0.717, 1.165) is 23.3 Å². The van der Waals surface area contributed by atoms with Crippen molar-refractivity contribution in [2.45, 2.75) is 33.4 Å². The molecular formula is C23H30FIN4O2. The number of methoxy groups -OCH3 is 1. The Balaban J connectivity index is 0.00000480. The van der Waals surface area contributed by atoms with Gasteiger partial charge in [0.1, 0.15) is 11.6 Å². The zero-order valence-corrected chi connectivity index (χ0v) is 20.5. The molecule has 0 aliphatic heterocycles. The Labute approximate surface area is 200 Å². The number of guanidine groups is 1. The van der Waals surface area contributed by atoms with Crippen LogP contribution in [0.3, 0.4) is 0 Å². The minimum Gasteiger partial charge on any atom is -0.493 e. The Bertz CT molecular complexity index is 900. The number of nitrogens with one attached hydrogen (secondary N) is 2. The molecule has 168 valence electrons. The molecule has 2 aromatic carbocycles. The van der Waals surface area contributed by atoms with Crippen LogP contribution in [0.5, 0.6) is 5.75 Å². The number of aryl methyl sites for hydroxylation is 1. The number of hydrogen-bond donors (Lipinski definition) is 2. The highest BCUT2D eigenvalue weighted by molar-refractivity contribution is 14.0. The van der Waals surface area contributed by atoms with E-state index in [1.54, 1.807) is 19.2 Å². The second-order valence-corrected chi connectivity index (χ2v) is 6.77. The second-order valence-electron chi connectivity index (χ2n) is 6.77. The molecule has 0 atom stereocenters. The van der Waals surface area contributed by atoms with Gasteiger partial charge in [-0.3, -0.25) is 0 Å². The molecule has 0 saturated heterocycles. The van der Waals surface area contributed by atoms with E-state index in [1.165, 1.54) is 6.07 Å². The summed E-state index contributed by atoms with van der Waals surface area (Å²) in [6, 6.07) is 12.4. The molecule has 2 rings (SSSR count).